The topological polar surface area (TPSA) is 102 Å². The van der Waals surface area contributed by atoms with Gasteiger partial charge >= 0.3 is 0 Å². The second kappa shape index (κ2) is 11.6. The Balaban J connectivity index is 1.63. The smallest absolute Gasteiger partial charge is 0.229 e. The molecule has 10 heteroatoms. The molecule has 2 heterocycles. The van der Waals surface area contributed by atoms with E-state index < -0.39 is 11.1 Å². The summed E-state index contributed by atoms with van der Waals surface area (Å²) in [6.45, 7) is 8.28. The molecule has 0 bridgehead atoms. The highest BCUT2D eigenvalue weighted by Crippen LogP contribution is 2.38. The van der Waals surface area contributed by atoms with Crippen LogP contribution in [0.25, 0.3) is 0 Å². The van der Waals surface area contributed by atoms with Gasteiger partial charge in [-0.3, -0.25) is 4.21 Å². The zero-order valence-corrected chi connectivity index (χ0v) is 22.4. The van der Waals surface area contributed by atoms with Crippen molar-refractivity contribution in [2.45, 2.75) is 50.5 Å². The van der Waals surface area contributed by atoms with Crippen LogP contribution >= 0.6 is 11.6 Å². The van der Waals surface area contributed by atoms with Crippen molar-refractivity contribution in [2.75, 3.05) is 30.8 Å². The average Bonchev–Trinajstić information content (AvgIpc) is 2.83. The molecule has 2 N–H and O–H groups in total. The molecular weight excluding hydrogens is 498 g/mol. The van der Waals surface area contributed by atoms with Crippen LogP contribution in [0.15, 0.2) is 47.5 Å². The van der Waals surface area contributed by atoms with Crippen LogP contribution < -0.4 is 15.4 Å². The summed E-state index contributed by atoms with van der Waals surface area (Å²) in [6, 6.07) is 10.8. The summed E-state index contributed by atoms with van der Waals surface area (Å²) < 4.78 is 29.3. The highest BCUT2D eigenvalue weighted by molar-refractivity contribution is 7.79. The second-order valence-electron chi connectivity index (χ2n) is 9.32. The Hall–Kier alpha value is -2.72. The second-order valence-corrected chi connectivity index (χ2v) is 10.6. The number of anilines is 4. The number of aromatic nitrogens is 2. The standard InChI is InChI=1S/C26H32ClN5O3S/c1-16(2)35-23-14-19(18-9-11-32(4)12-10-18)17(3)13-22(23)30-26-28-15-20(27)25(31-26)29-21-7-5-6-8-24(21)36(33)34/h5-8,13-16,18H,9-12H2,1-4H3,(H,33,34)(H2,28,29,30,31)/p-1. The number of aryl methyl sites for hydroxylation is 1. The zero-order valence-electron chi connectivity index (χ0n) is 20.9. The molecule has 1 saturated heterocycles. The Morgan fingerprint density at radius 2 is 1.89 bits per heavy atom. The number of para-hydroxylation sites is 1. The molecule has 1 aliphatic heterocycles. The van der Waals surface area contributed by atoms with Crippen LogP contribution in [0.5, 0.6) is 5.75 Å². The summed E-state index contributed by atoms with van der Waals surface area (Å²) in [7, 11) is 2.16. The molecular formula is C26H31ClN5O3S-. The summed E-state index contributed by atoms with van der Waals surface area (Å²) in [5, 5.41) is 6.55. The predicted octanol–water partition coefficient (Wildman–Crippen LogP) is 5.76. The lowest BCUT2D eigenvalue weighted by molar-refractivity contribution is 0.241. The van der Waals surface area contributed by atoms with Crippen LogP contribution in [0.1, 0.15) is 43.7 Å². The van der Waals surface area contributed by atoms with Crippen LogP contribution in [-0.4, -0.2) is 49.9 Å². The van der Waals surface area contributed by atoms with Crippen LogP contribution in [0.3, 0.4) is 0 Å². The number of likely N-dealkylation sites (tertiary alicyclic amines) is 1. The van der Waals surface area contributed by atoms with Gasteiger partial charge in [-0.15, -0.1) is 0 Å². The van der Waals surface area contributed by atoms with Crippen molar-refractivity contribution in [3.05, 3.63) is 58.7 Å². The Labute approximate surface area is 219 Å². The van der Waals surface area contributed by atoms with E-state index in [1.54, 1.807) is 18.2 Å². The molecule has 0 aliphatic carbocycles. The highest BCUT2D eigenvalue weighted by atomic mass is 35.5. The van der Waals surface area contributed by atoms with E-state index in [4.69, 9.17) is 16.3 Å². The molecule has 3 aromatic rings. The van der Waals surface area contributed by atoms with Gasteiger partial charge in [0.2, 0.25) is 5.95 Å². The lowest BCUT2D eigenvalue weighted by Crippen LogP contribution is -2.29. The van der Waals surface area contributed by atoms with Crippen LogP contribution in [0.2, 0.25) is 5.02 Å². The highest BCUT2D eigenvalue weighted by Gasteiger charge is 2.22. The number of benzene rings is 2. The van der Waals surface area contributed by atoms with Crippen LogP contribution in [0.4, 0.5) is 23.1 Å². The van der Waals surface area contributed by atoms with Gasteiger partial charge in [0.15, 0.2) is 5.82 Å². The molecule has 0 amide bonds. The van der Waals surface area contributed by atoms with E-state index in [0.29, 0.717) is 17.6 Å². The Bertz CT molecular complexity index is 1250. The number of rotatable bonds is 8. The molecule has 1 unspecified atom stereocenters. The molecule has 1 atom stereocenters. The van der Waals surface area contributed by atoms with E-state index in [1.165, 1.54) is 23.4 Å². The van der Waals surface area contributed by atoms with E-state index in [1.807, 2.05) is 13.8 Å². The number of nitrogens with zero attached hydrogens (tertiary/aromatic N) is 3. The third-order valence-corrected chi connectivity index (χ3v) is 7.19. The molecule has 1 fully saturated rings. The average molecular weight is 529 g/mol. The minimum atomic E-state index is -2.41. The molecule has 0 spiro atoms. The first-order valence-corrected chi connectivity index (χ1v) is 13.4. The summed E-state index contributed by atoms with van der Waals surface area (Å²) in [5.74, 6) is 1.84. The summed E-state index contributed by atoms with van der Waals surface area (Å²) in [6.07, 6.45) is 3.71. The maximum atomic E-state index is 11.6. The maximum Gasteiger partial charge on any atom is 0.229 e. The van der Waals surface area contributed by atoms with Gasteiger partial charge in [-0.1, -0.05) is 23.7 Å². The third-order valence-electron chi connectivity index (χ3n) is 6.20. The summed E-state index contributed by atoms with van der Waals surface area (Å²) >= 11 is 3.92. The van der Waals surface area contributed by atoms with Gasteiger partial charge in [0.1, 0.15) is 10.8 Å². The van der Waals surface area contributed by atoms with E-state index >= 15 is 0 Å². The lowest BCUT2D eigenvalue weighted by Gasteiger charge is -2.30. The Morgan fingerprint density at radius 3 is 2.58 bits per heavy atom. The van der Waals surface area contributed by atoms with E-state index in [9.17, 15) is 8.76 Å². The first-order valence-electron chi connectivity index (χ1n) is 12.0. The van der Waals surface area contributed by atoms with Gasteiger partial charge in [0.25, 0.3) is 0 Å². The fraction of sp³-hybridized carbons (Fsp3) is 0.385. The Kier molecular flexibility index (Phi) is 8.46. The zero-order chi connectivity index (χ0) is 25.8. The first-order chi connectivity index (χ1) is 17.2. The molecule has 36 heavy (non-hydrogen) atoms. The number of hydrogen-bond acceptors (Lipinski definition) is 8. The van der Waals surface area contributed by atoms with Crippen molar-refractivity contribution in [3.63, 3.8) is 0 Å². The van der Waals surface area contributed by atoms with Gasteiger partial charge in [-0.05, 0) is 106 Å². The number of ether oxygens (including phenoxy) is 1. The molecule has 1 aromatic heterocycles. The summed E-state index contributed by atoms with van der Waals surface area (Å²) in [4.78, 5) is 11.3. The van der Waals surface area contributed by atoms with Crippen molar-refractivity contribution in [1.29, 1.82) is 0 Å². The molecule has 0 saturated carbocycles. The van der Waals surface area contributed by atoms with E-state index in [-0.39, 0.29) is 21.8 Å². The summed E-state index contributed by atoms with van der Waals surface area (Å²) in [5.41, 5.74) is 3.62. The molecule has 8 nitrogen and oxygen atoms in total. The van der Waals surface area contributed by atoms with E-state index in [0.717, 1.165) is 37.4 Å². The van der Waals surface area contributed by atoms with Crippen molar-refractivity contribution in [3.8, 4) is 5.75 Å². The quantitative estimate of drug-likeness (QED) is 0.356. The molecule has 0 radical (unpaired) electrons. The predicted molar refractivity (Wildman–Crippen MR) is 144 cm³/mol. The molecule has 2 aromatic carbocycles. The fourth-order valence-corrected chi connectivity index (χ4v) is 5.02. The van der Waals surface area contributed by atoms with Crippen LogP contribution in [0, 0.1) is 6.92 Å². The van der Waals surface area contributed by atoms with Crippen molar-refractivity contribution >= 4 is 45.8 Å². The number of piperidine rings is 1. The Morgan fingerprint density at radius 1 is 1.17 bits per heavy atom. The van der Waals surface area contributed by atoms with Gasteiger partial charge in [-0.25, -0.2) is 4.98 Å². The molecule has 192 valence electrons. The van der Waals surface area contributed by atoms with Gasteiger partial charge < -0.3 is 24.8 Å². The SMILES string of the molecule is Cc1cc(Nc2ncc(Cl)c(Nc3ccccc3S(=O)[O-])n2)c(OC(C)C)cc1C1CCN(C)CC1. The normalized spacial score (nSPS) is 15.6. The third kappa shape index (κ3) is 6.34. The lowest BCUT2D eigenvalue weighted by atomic mass is 9.86. The number of hydrogen-bond donors (Lipinski definition) is 2. The fourth-order valence-electron chi connectivity index (χ4n) is 4.39. The van der Waals surface area contributed by atoms with Gasteiger partial charge in [-0.2, -0.15) is 4.98 Å². The van der Waals surface area contributed by atoms with Gasteiger partial charge in [0, 0.05) is 4.90 Å². The minimum Gasteiger partial charge on any atom is -0.768 e. The maximum absolute atomic E-state index is 11.6. The minimum absolute atomic E-state index is 0.00794. The van der Waals surface area contributed by atoms with Crippen molar-refractivity contribution in [1.82, 2.24) is 14.9 Å². The van der Waals surface area contributed by atoms with Gasteiger partial charge in [0.05, 0.1) is 23.7 Å². The van der Waals surface area contributed by atoms with E-state index in [2.05, 4.69) is 51.6 Å². The first kappa shape index (κ1) is 26.3. The monoisotopic (exact) mass is 528 g/mol. The molecule has 4 rings (SSSR count). The number of nitrogens with one attached hydrogen (secondary N) is 2. The van der Waals surface area contributed by atoms with Crippen LogP contribution in [-0.2, 0) is 11.1 Å². The number of halogens is 1. The molecule has 1 aliphatic rings. The van der Waals surface area contributed by atoms with Crippen molar-refractivity contribution in [2.24, 2.45) is 0 Å². The van der Waals surface area contributed by atoms with Crippen molar-refractivity contribution < 1.29 is 13.5 Å². The largest absolute Gasteiger partial charge is 0.768 e.